The van der Waals surface area contributed by atoms with Crippen molar-refractivity contribution < 1.29 is 4.79 Å². The van der Waals surface area contributed by atoms with Crippen molar-refractivity contribution >= 4 is 17.4 Å². The van der Waals surface area contributed by atoms with Gasteiger partial charge in [-0.15, -0.1) is 0 Å². The third kappa shape index (κ3) is 3.84. The maximum atomic E-state index is 12.5. The molecule has 0 fully saturated rings. The maximum absolute atomic E-state index is 12.5. The van der Waals surface area contributed by atoms with Crippen LogP contribution < -0.4 is 0 Å². The van der Waals surface area contributed by atoms with Crippen molar-refractivity contribution in [2.45, 2.75) is 52.9 Å². The van der Waals surface area contributed by atoms with Gasteiger partial charge in [-0.25, -0.2) is 0 Å². The average Bonchev–Trinajstić information content (AvgIpc) is 2.38. The van der Waals surface area contributed by atoms with E-state index in [0.717, 1.165) is 48.3 Å². The number of carbonyl (C=O) groups excluding carboxylic acids is 1. The lowest BCUT2D eigenvalue weighted by Crippen LogP contribution is -2.15. The molecule has 0 saturated carbocycles. The molecule has 1 aromatic rings. The zero-order valence-corrected chi connectivity index (χ0v) is 12.4. The molecule has 1 nitrogen and oxygen atoms in total. The minimum Gasteiger partial charge on any atom is -0.294 e. The van der Waals surface area contributed by atoms with Crippen molar-refractivity contribution in [3.63, 3.8) is 0 Å². The Morgan fingerprint density at radius 3 is 2.28 bits per heavy atom. The zero-order valence-electron chi connectivity index (χ0n) is 11.6. The van der Waals surface area contributed by atoms with E-state index in [0.29, 0.717) is 0 Å². The van der Waals surface area contributed by atoms with Crippen molar-refractivity contribution in [3.8, 4) is 0 Å². The first-order chi connectivity index (χ1) is 8.63. The number of hydrogen-bond donors (Lipinski definition) is 0. The average molecular weight is 267 g/mol. The van der Waals surface area contributed by atoms with Crippen molar-refractivity contribution in [1.82, 2.24) is 0 Å². The van der Waals surface area contributed by atoms with E-state index < -0.39 is 0 Å². The predicted octanol–water partition coefficient (Wildman–Crippen LogP) is 5.30. The second kappa shape index (κ2) is 7.58. The molecule has 0 heterocycles. The number of Topliss-reactive ketones (excluding diaryl/α,β-unsaturated/α-hetero) is 1. The number of hydrogen-bond acceptors (Lipinski definition) is 1. The van der Waals surface area contributed by atoms with Gasteiger partial charge in [0.25, 0.3) is 0 Å². The molecule has 0 aliphatic heterocycles. The standard InChI is InChI=1S/C16H23ClO/c1-4-7-13(8-5-2)16(18)14-9-10-15(17)12(6-3)11-14/h9-11,13H,4-8H2,1-3H3. The molecule has 1 aromatic carbocycles. The highest BCUT2D eigenvalue weighted by Gasteiger charge is 2.18. The number of benzene rings is 1. The third-order valence-electron chi connectivity index (χ3n) is 3.36. The van der Waals surface area contributed by atoms with Crippen LogP contribution in [0.2, 0.25) is 5.02 Å². The molecule has 0 atom stereocenters. The molecule has 0 unspecified atom stereocenters. The van der Waals surface area contributed by atoms with E-state index in [9.17, 15) is 4.79 Å². The fraction of sp³-hybridized carbons (Fsp3) is 0.562. The summed E-state index contributed by atoms with van der Waals surface area (Å²) < 4.78 is 0. The van der Waals surface area contributed by atoms with Gasteiger partial charge in [0.15, 0.2) is 5.78 Å². The van der Waals surface area contributed by atoms with Crippen molar-refractivity contribution in [2.75, 3.05) is 0 Å². The molecular weight excluding hydrogens is 244 g/mol. The van der Waals surface area contributed by atoms with Gasteiger partial charge in [-0.3, -0.25) is 4.79 Å². The largest absolute Gasteiger partial charge is 0.294 e. The minimum atomic E-state index is 0.172. The first-order valence-electron chi connectivity index (χ1n) is 6.96. The van der Waals surface area contributed by atoms with Gasteiger partial charge in [-0.1, -0.05) is 45.2 Å². The predicted molar refractivity (Wildman–Crippen MR) is 78.5 cm³/mol. The molecule has 0 radical (unpaired) electrons. The van der Waals surface area contributed by atoms with Gasteiger partial charge in [0.05, 0.1) is 0 Å². The second-order valence-electron chi connectivity index (χ2n) is 4.80. The molecule has 0 N–H and O–H groups in total. The smallest absolute Gasteiger partial charge is 0.165 e. The number of rotatable bonds is 7. The van der Waals surface area contributed by atoms with Gasteiger partial charge in [-0.05, 0) is 43.0 Å². The molecular formula is C16H23ClO. The van der Waals surface area contributed by atoms with E-state index in [4.69, 9.17) is 11.6 Å². The van der Waals surface area contributed by atoms with E-state index in [2.05, 4.69) is 20.8 Å². The highest BCUT2D eigenvalue weighted by molar-refractivity contribution is 6.31. The van der Waals surface area contributed by atoms with Gasteiger partial charge in [0, 0.05) is 16.5 Å². The molecule has 0 saturated heterocycles. The molecule has 0 amide bonds. The summed E-state index contributed by atoms with van der Waals surface area (Å²) >= 11 is 6.09. The Hall–Kier alpha value is -0.820. The highest BCUT2D eigenvalue weighted by Crippen LogP contribution is 2.23. The number of ketones is 1. The summed E-state index contributed by atoms with van der Waals surface area (Å²) in [7, 11) is 0. The molecule has 0 bridgehead atoms. The first kappa shape index (κ1) is 15.2. The lowest BCUT2D eigenvalue weighted by Gasteiger charge is -2.15. The van der Waals surface area contributed by atoms with Crippen LogP contribution in [0.25, 0.3) is 0 Å². The Kier molecular flexibility index (Phi) is 6.42. The number of halogens is 1. The van der Waals surface area contributed by atoms with Crippen LogP contribution in [-0.4, -0.2) is 5.78 Å². The summed E-state index contributed by atoms with van der Waals surface area (Å²) in [5.41, 5.74) is 1.89. The fourth-order valence-electron chi connectivity index (χ4n) is 2.34. The third-order valence-corrected chi connectivity index (χ3v) is 3.72. The van der Waals surface area contributed by atoms with E-state index in [1.165, 1.54) is 0 Å². The van der Waals surface area contributed by atoms with Crippen molar-refractivity contribution in [3.05, 3.63) is 34.3 Å². The lowest BCUT2D eigenvalue weighted by atomic mass is 9.89. The second-order valence-corrected chi connectivity index (χ2v) is 5.21. The van der Waals surface area contributed by atoms with Crippen LogP contribution in [0.5, 0.6) is 0 Å². The van der Waals surface area contributed by atoms with E-state index in [-0.39, 0.29) is 11.7 Å². The van der Waals surface area contributed by atoms with Crippen molar-refractivity contribution in [1.29, 1.82) is 0 Å². The Balaban J connectivity index is 2.93. The number of carbonyl (C=O) groups is 1. The first-order valence-corrected chi connectivity index (χ1v) is 7.34. The molecule has 0 aliphatic rings. The minimum absolute atomic E-state index is 0.172. The lowest BCUT2D eigenvalue weighted by molar-refractivity contribution is 0.0905. The van der Waals surface area contributed by atoms with E-state index in [1.807, 2.05) is 18.2 Å². The Labute approximate surface area is 116 Å². The van der Waals surface area contributed by atoms with Crippen LogP contribution in [0, 0.1) is 5.92 Å². The van der Waals surface area contributed by atoms with E-state index in [1.54, 1.807) is 0 Å². The van der Waals surface area contributed by atoms with Crippen LogP contribution in [-0.2, 0) is 6.42 Å². The fourth-order valence-corrected chi connectivity index (χ4v) is 2.59. The summed E-state index contributed by atoms with van der Waals surface area (Å²) in [5, 5.41) is 0.761. The highest BCUT2D eigenvalue weighted by atomic mass is 35.5. The van der Waals surface area contributed by atoms with Crippen LogP contribution in [0.1, 0.15) is 62.4 Å². The zero-order chi connectivity index (χ0) is 13.5. The van der Waals surface area contributed by atoms with Crippen LogP contribution in [0.3, 0.4) is 0 Å². The maximum Gasteiger partial charge on any atom is 0.165 e. The Morgan fingerprint density at radius 2 is 1.78 bits per heavy atom. The summed E-state index contributed by atoms with van der Waals surface area (Å²) in [6, 6.07) is 5.67. The summed E-state index contributed by atoms with van der Waals surface area (Å²) in [5.74, 6) is 0.455. The normalized spacial score (nSPS) is 10.9. The summed E-state index contributed by atoms with van der Waals surface area (Å²) in [4.78, 5) is 12.5. The quantitative estimate of drug-likeness (QED) is 0.612. The van der Waals surface area contributed by atoms with Crippen LogP contribution in [0.4, 0.5) is 0 Å². The van der Waals surface area contributed by atoms with Gasteiger partial charge in [0.1, 0.15) is 0 Å². The van der Waals surface area contributed by atoms with Gasteiger partial charge < -0.3 is 0 Å². The van der Waals surface area contributed by atoms with Gasteiger partial charge in [-0.2, -0.15) is 0 Å². The Morgan fingerprint density at radius 1 is 1.17 bits per heavy atom. The molecule has 0 aliphatic carbocycles. The van der Waals surface area contributed by atoms with Crippen LogP contribution in [0.15, 0.2) is 18.2 Å². The molecule has 18 heavy (non-hydrogen) atoms. The number of aryl methyl sites for hydroxylation is 1. The molecule has 100 valence electrons. The van der Waals surface area contributed by atoms with Gasteiger partial charge >= 0.3 is 0 Å². The van der Waals surface area contributed by atoms with E-state index >= 15 is 0 Å². The summed E-state index contributed by atoms with van der Waals surface area (Å²) in [6.45, 7) is 6.33. The van der Waals surface area contributed by atoms with Gasteiger partial charge in [0.2, 0.25) is 0 Å². The molecule has 2 heteroatoms. The molecule has 0 spiro atoms. The molecule has 1 rings (SSSR count). The topological polar surface area (TPSA) is 17.1 Å². The SMILES string of the molecule is CCCC(CCC)C(=O)c1ccc(Cl)c(CC)c1. The summed E-state index contributed by atoms with van der Waals surface area (Å²) in [6.07, 6.45) is 4.95. The monoisotopic (exact) mass is 266 g/mol. The van der Waals surface area contributed by atoms with Crippen molar-refractivity contribution in [2.24, 2.45) is 5.92 Å². The molecule has 0 aromatic heterocycles. The van der Waals surface area contributed by atoms with Crippen LogP contribution >= 0.6 is 11.6 Å². The Bertz CT molecular complexity index is 392.